The van der Waals surface area contributed by atoms with Gasteiger partial charge in [0, 0.05) is 32.0 Å². The Balaban J connectivity index is 1.74. The summed E-state index contributed by atoms with van der Waals surface area (Å²) in [5, 5.41) is 11.3. The molecule has 1 atom stereocenters. The lowest BCUT2D eigenvalue weighted by Gasteiger charge is -2.22. The number of hydrogen-bond acceptors (Lipinski definition) is 5. The van der Waals surface area contributed by atoms with E-state index in [1.165, 1.54) is 0 Å². The molecular formula is C19H26N6O2. The quantitative estimate of drug-likeness (QED) is 0.501. The predicted octanol–water partition coefficient (Wildman–Crippen LogP) is 1.53. The smallest absolute Gasteiger partial charge is 0.315 e. The van der Waals surface area contributed by atoms with Gasteiger partial charge in [0.15, 0.2) is 0 Å². The Morgan fingerprint density at radius 1 is 0.963 bits per heavy atom. The number of carbonyl (C=O) groups excluding carboxylic acids is 2. The topological polar surface area (TPSA) is 108 Å². The zero-order valence-corrected chi connectivity index (χ0v) is 15.6. The zero-order chi connectivity index (χ0) is 19.5. The molecule has 1 heterocycles. The minimum absolute atomic E-state index is 0.0436. The first kappa shape index (κ1) is 20.2. The molecular weight excluding hydrogens is 344 g/mol. The third kappa shape index (κ3) is 7.31. The van der Waals surface area contributed by atoms with Gasteiger partial charge in [0.1, 0.15) is 6.04 Å². The molecule has 0 fully saturated rings. The zero-order valence-electron chi connectivity index (χ0n) is 15.6. The molecule has 0 saturated heterocycles. The van der Waals surface area contributed by atoms with Crippen molar-refractivity contribution in [3.63, 3.8) is 0 Å². The van der Waals surface area contributed by atoms with Crippen LogP contribution in [0.15, 0.2) is 48.8 Å². The van der Waals surface area contributed by atoms with E-state index in [1.807, 2.05) is 44.2 Å². The number of aromatic nitrogens is 2. The fraction of sp³-hybridized carbons (Fsp3) is 0.368. The fourth-order valence-corrected chi connectivity index (χ4v) is 2.37. The van der Waals surface area contributed by atoms with Crippen LogP contribution in [-0.2, 0) is 11.3 Å². The Hall–Kier alpha value is -3.16. The molecule has 0 spiro atoms. The summed E-state index contributed by atoms with van der Waals surface area (Å²) in [6.07, 6.45) is 3.28. The van der Waals surface area contributed by atoms with Gasteiger partial charge in [0.2, 0.25) is 11.9 Å². The van der Waals surface area contributed by atoms with Crippen molar-refractivity contribution in [2.75, 3.05) is 18.4 Å². The van der Waals surface area contributed by atoms with Crippen molar-refractivity contribution in [2.24, 2.45) is 5.92 Å². The van der Waals surface area contributed by atoms with E-state index in [2.05, 4.69) is 31.2 Å². The highest BCUT2D eigenvalue weighted by molar-refractivity contribution is 5.87. The molecule has 1 aromatic heterocycles. The molecule has 0 aliphatic rings. The number of rotatable bonds is 9. The van der Waals surface area contributed by atoms with Gasteiger partial charge < -0.3 is 21.3 Å². The molecule has 0 saturated carbocycles. The molecule has 0 aliphatic heterocycles. The van der Waals surface area contributed by atoms with E-state index >= 15 is 0 Å². The summed E-state index contributed by atoms with van der Waals surface area (Å²) in [6.45, 7) is 5.06. The van der Waals surface area contributed by atoms with Gasteiger partial charge in [-0.05, 0) is 17.5 Å². The number of amides is 3. The predicted molar refractivity (Wildman–Crippen MR) is 104 cm³/mol. The second kappa shape index (κ2) is 10.7. The van der Waals surface area contributed by atoms with E-state index in [4.69, 9.17) is 0 Å². The second-order valence-electron chi connectivity index (χ2n) is 6.32. The number of carbonyl (C=O) groups is 2. The molecule has 144 valence electrons. The highest BCUT2D eigenvalue weighted by atomic mass is 16.2. The van der Waals surface area contributed by atoms with E-state index < -0.39 is 6.04 Å². The maximum Gasteiger partial charge on any atom is 0.315 e. The molecule has 27 heavy (non-hydrogen) atoms. The van der Waals surface area contributed by atoms with Gasteiger partial charge in [-0.15, -0.1) is 0 Å². The Morgan fingerprint density at radius 2 is 1.67 bits per heavy atom. The normalized spacial score (nSPS) is 11.5. The van der Waals surface area contributed by atoms with Gasteiger partial charge >= 0.3 is 6.03 Å². The summed E-state index contributed by atoms with van der Waals surface area (Å²) in [5.41, 5.74) is 0.993. The van der Waals surface area contributed by atoms with E-state index in [0.29, 0.717) is 25.6 Å². The number of nitrogens with one attached hydrogen (secondary N) is 4. The summed E-state index contributed by atoms with van der Waals surface area (Å²) < 4.78 is 0. The summed E-state index contributed by atoms with van der Waals surface area (Å²) in [6, 6.07) is 10.3. The van der Waals surface area contributed by atoms with Gasteiger partial charge in [-0.25, -0.2) is 14.8 Å². The average Bonchev–Trinajstić information content (AvgIpc) is 2.69. The van der Waals surface area contributed by atoms with Crippen LogP contribution in [0.4, 0.5) is 10.7 Å². The Kier molecular flexibility index (Phi) is 8.02. The molecule has 1 aromatic carbocycles. The molecule has 1 unspecified atom stereocenters. The van der Waals surface area contributed by atoms with Crippen molar-refractivity contribution in [1.82, 2.24) is 25.9 Å². The highest BCUT2D eigenvalue weighted by Gasteiger charge is 2.23. The third-order valence-electron chi connectivity index (χ3n) is 3.80. The molecule has 8 nitrogen and oxygen atoms in total. The van der Waals surface area contributed by atoms with Crippen LogP contribution in [0.1, 0.15) is 19.4 Å². The van der Waals surface area contributed by atoms with Crippen LogP contribution in [0.5, 0.6) is 0 Å². The van der Waals surface area contributed by atoms with E-state index in [9.17, 15) is 9.59 Å². The summed E-state index contributed by atoms with van der Waals surface area (Å²) >= 11 is 0. The summed E-state index contributed by atoms with van der Waals surface area (Å²) in [4.78, 5) is 32.6. The van der Waals surface area contributed by atoms with Crippen LogP contribution in [0, 0.1) is 5.92 Å². The van der Waals surface area contributed by atoms with Crippen molar-refractivity contribution in [3.8, 4) is 0 Å². The molecule has 2 rings (SSSR count). The fourth-order valence-electron chi connectivity index (χ4n) is 2.37. The number of benzene rings is 1. The minimum Gasteiger partial charge on any atom is -0.353 e. The maximum absolute atomic E-state index is 12.4. The third-order valence-corrected chi connectivity index (χ3v) is 3.80. The first-order valence-electron chi connectivity index (χ1n) is 8.93. The van der Waals surface area contributed by atoms with Crippen LogP contribution in [-0.4, -0.2) is 41.0 Å². The van der Waals surface area contributed by atoms with Crippen molar-refractivity contribution in [2.45, 2.75) is 26.4 Å². The van der Waals surface area contributed by atoms with Gasteiger partial charge in [0.25, 0.3) is 0 Å². The Labute approximate surface area is 159 Å². The van der Waals surface area contributed by atoms with Crippen LogP contribution in [0.25, 0.3) is 0 Å². The Bertz CT molecular complexity index is 709. The average molecular weight is 370 g/mol. The highest BCUT2D eigenvalue weighted by Crippen LogP contribution is 2.02. The standard InChI is InChI=1S/C19H26N6O2/c1-14(2)16(25-19(27)24-13-15-7-4-3-5-8-15)17(26)20-11-12-23-18-21-9-6-10-22-18/h3-10,14,16H,11-13H2,1-2H3,(H,20,26)(H,21,22,23)(H2,24,25,27). The van der Waals surface area contributed by atoms with E-state index in [-0.39, 0.29) is 17.9 Å². The lowest BCUT2D eigenvalue weighted by atomic mass is 10.0. The van der Waals surface area contributed by atoms with Gasteiger partial charge in [-0.3, -0.25) is 4.79 Å². The SMILES string of the molecule is CC(C)C(NC(=O)NCc1ccccc1)C(=O)NCCNc1ncccn1. The van der Waals surface area contributed by atoms with Crippen LogP contribution >= 0.6 is 0 Å². The van der Waals surface area contributed by atoms with Crippen molar-refractivity contribution >= 4 is 17.9 Å². The summed E-state index contributed by atoms with van der Waals surface area (Å²) in [7, 11) is 0. The van der Waals surface area contributed by atoms with Gasteiger partial charge in [-0.1, -0.05) is 44.2 Å². The Morgan fingerprint density at radius 3 is 2.33 bits per heavy atom. The number of anilines is 1. The molecule has 4 N–H and O–H groups in total. The molecule has 0 aliphatic carbocycles. The first-order valence-corrected chi connectivity index (χ1v) is 8.93. The maximum atomic E-state index is 12.4. The molecule has 2 aromatic rings. The molecule has 0 bridgehead atoms. The lowest BCUT2D eigenvalue weighted by molar-refractivity contribution is -0.123. The number of hydrogen-bond donors (Lipinski definition) is 4. The van der Waals surface area contributed by atoms with Crippen LogP contribution in [0.3, 0.4) is 0 Å². The second-order valence-corrected chi connectivity index (χ2v) is 6.32. The van der Waals surface area contributed by atoms with Crippen molar-refractivity contribution in [1.29, 1.82) is 0 Å². The van der Waals surface area contributed by atoms with Crippen LogP contribution < -0.4 is 21.3 Å². The van der Waals surface area contributed by atoms with Gasteiger partial charge in [0.05, 0.1) is 0 Å². The number of urea groups is 1. The molecule has 0 radical (unpaired) electrons. The van der Waals surface area contributed by atoms with Crippen LogP contribution in [0.2, 0.25) is 0 Å². The molecule has 3 amide bonds. The minimum atomic E-state index is -0.617. The largest absolute Gasteiger partial charge is 0.353 e. The monoisotopic (exact) mass is 370 g/mol. The number of nitrogens with zero attached hydrogens (tertiary/aromatic N) is 2. The van der Waals surface area contributed by atoms with Gasteiger partial charge in [-0.2, -0.15) is 0 Å². The van der Waals surface area contributed by atoms with E-state index in [1.54, 1.807) is 18.5 Å². The van der Waals surface area contributed by atoms with Crippen molar-refractivity contribution < 1.29 is 9.59 Å². The summed E-state index contributed by atoms with van der Waals surface area (Å²) in [5.74, 6) is 0.235. The van der Waals surface area contributed by atoms with Crippen molar-refractivity contribution in [3.05, 3.63) is 54.4 Å². The lowest BCUT2D eigenvalue weighted by Crippen LogP contribution is -2.52. The molecule has 8 heteroatoms. The van der Waals surface area contributed by atoms with E-state index in [0.717, 1.165) is 5.56 Å². The first-order chi connectivity index (χ1) is 13.1.